The van der Waals surface area contributed by atoms with E-state index in [-0.39, 0.29) is 12.0 Å². The molecule has 0 spiro atoms. The minimum Gasteiger partial charge on any atom is -0.393 e. The molecule has 1 saturated heterocycles. The predicted octanol–water partition coefficient (Wildman–Crippen LogP) is 0.536. The number of amides is 1. The van der Waals surface area contributed by atoms with Gasteiger partial charge in [0.05, 0.1) is 11.9 Å². The molecule has 1 N–H and O–H groups in total. The van der Waals surface area contributed by atoms with Crippen LogP contribution in [0.25, 0.3) is 0 Å². The number of likely N-dealkylation sites (tertiary alicyclic amines) is 1. The number of thiol groups is 1. The lowest BCUT2D eigenvalue weighted by Gasteiger charge is -2.33. The molecule has 76 valence electrons. The van der Waals surface area contributed by atoms with E-state index in [0.29, 0.717) is 11.7 Å². The quantitative estimate of drug-likeness (QED) is 0.643. The number of rotatable bonds is 2. The summed E-state index contributed by atoms with van der Waals surface area (Å²) in [6, 6.07) is 0. The van der Waals surface area contributed by atoms with Crippen LogP contribution >= 0.6 is 12.6 Å². The molecule has 3 nitrogen and oxygen atoms in total. The van der Waals surface area contributed by atoms with Crippen LogP contribution in [-0.2, 0) is 4.79 Å². The van der Waals surface area contributed by atoms with Crippen molar-refractivity contribution in [3.8, 4) is 0 Å². The summed E-state index contributed by atoms with van der Waals surface area (Å²) in [4.78, 5) is 13.1. The Balaban J connectivity index is 2.34. The van der Waals surface area contributed by atoms with Gasteiger partial charge in [0.2, 0.25) is 5.91 Å². The number of aliphatic hydroxyl groups is 1. The van der Waals surface area contributed by atoms with Crippen LogP contribution in [0.15, 0.2) is 0 Å². The van der Waals surface area contributed by atoms with E-state index >= 15 is 0 Å². The molecule has 0 saturated carbocycles. The third-order valence-electron chi connectivity index (χ3n) is 2.71. The standard InChI is InChI=1S/C9H17NO2S/c1-7(11)8-2-4-10(5-3-8)9(12)6-13/h7-8,11,13H,2-6H2,1H3. The lowest BCUT2D eigenvalue weighted by Crippen LogP contribution is -2.41. The first-order chi connectivity index (χ1) is 6.15. The topological polar surface area (TPSA) is 40.5 Å². The van der Waals surface area contributed by atoms with E-state index in [0.717, 1.165) is 25.9 Å². The molecular weight excluding hydrogens is 186 g/mol. The normalized spacial score (nSPS) is 21.6. The largest absolute Gasteiger partial charge is 0.393 e. The second kappa shape index (κ2) is 4.86. The molecule has 0 aromatic carbocycles. The fraction of sp³-hybridized carbons (Fsp3) is 0.889. The molecule has 1 unspecified atom stereocenters. The van der Waals surface area contributed by atoms with Gasteiger partial charge in [-0.3, -0.25) is 4.79 Å². The van der Waals surface area contributed by atoms with Crippen LogP contribution in [0, 0.1) is 5.92 Å². The van der Waals surface area contributed by atoms with Gasteiger partial charge in [-0.1, -0.05) is 0 Å². The molecule has 1 heterocycles. The van der Waals surface area contributed by atoms with Crippen LogP contribution in [0.3, 0.4) is 0 Å². The minimum atomic E-state index is -0.242. The molecular formula is C9H17NO2S. The highest BCUT2D eigenvalue weighted by molar-refractivity contribution is 7.81. The van der Waals surface area contributed by atoms with Crippen molar-refractivity contribution < 1.29 is 9.90 Å². The molecule has 1 fully saturated rings. The van der Waals surface area contributed by atoms with Gasteiger partial charge in [0.25, 0.3) is 0 Å². The van der Waals surface area contributed by atoms with Gasteiger partial charge in [-0.15, -0.1) is 0 Å². The second-order valence-corrected chi connectivity index (χ2v) is 3.93. The van der Waals surface area contributed by atoms with E-state index in [1.165, 1.54) is 0 Å². The van der Waals surface area contributed by atoms with E-state index in [1.807, 2.05) is 11.8 Å². The lowest BCUT2D eigenvalue weighted by molar-refractivity contribution is -0.130. The maximum atomic E-state index is 11.2. The van der Waals surface area contributed by atoms with Crippen molar-refractivity contribution >= 4 is 18.5 Å². The maximum Gasteiger partial charge on any atom is 0.232 e. The molecule has 1 rings (SSSR count). The number of aliphatic hydroxyl groups excluding tert-OH is 1. The monoisotopic (exact) mass is 203 g/mol. The van der Waals surface area contributed by atoms with Gasteiger partial charge in [0.1, 0.15) is 0 Å². The molecule has 13 heavy (non-hydrogen) atoms. The summed E-state index contributed by atoms with van der Waals surface area (Å²) < 4.78 is 0. The maximum absolute atomic E-state index is 11.2. The van der Waals surface area contributed by atoms with Gasteiger partial charge < -0.3 is 10.0 Å². The highest BCUT2D eigenvalue weighted by Crippen LogP contribution is 2.20. The average Bonchev–Trinajstić information content (AvgIpc) is 2.17. The summed E-state index contributed by atoms with van der Waals surface area (Å²) in [7, 11) is 0. The molecule has 4 heteroatoms. The Kier molecular flexibility index (Phi) is 4.06. The Morgan fingerprint density at radius 2 is 2.15 bits per heavy atom. The average molecular weight is 203 g/mol. The van der Waals surface area contributed by atoms with E-state index in [1.54, 1.807) is 0 Å². The van der Waals surface area contributed by atoms with Gasteiger partial charge >= 0.3 is 0 Å². The third kappa shape index (κ3) is 2.88. The number of piperidine rings is 1. The fourth-order valence-electron chi connectivity index (χ4n) is 1.73. The molecule has 1 aliphatic rings. The Morgan fingerprint density at radius 1 is 1.62 bits per heavy atom. The number of hydrogen-bond donors (Lipinski definition) is 2. The molecule has 1 atom stereocenters. The number of nitrogens with zero attached hydrogens (tertiary/aromatic N) is 1. The molecule has 1 amide bonds. The minimum absolute atomic E-state index is 0.104. The number of carbonyl (C=O) groups is 1. The van der Waals surface area contributed by atoms with E-state index in [2.05, 4.69) is 12.6 Å². The van der Waals surface area contributed by atoms with Crippen molar-refractivity contribution in [1.82, 2.24) is 4.90 Å². The van der Waals surface area contributed by atoms with Crippen molar-refractivity contribution in [2.45, 2.75) is 25.9 Å². The summed E-state index contributed by atoms with van der Waals surface area (Å²) in [5.74, 6) is 0.760. The molecule has 0 aromatic rings. The zero-order valence-corrected chi connectivity index (χ0v) is 8.83. The van der Waals surface area contributed by atoms with Crippen LogP contribution < -0.4 is 0 Å². The number of hydrogen-bond acceptors (Lipinski definition) is 3. The Hall–Kier alpha value is -0.220. The van der Waals surface area contributed by atoms with Crippen LogP contribution in [-0.4, -0.2) is 40.9 Å². The smallest absolute Gasteiger partial charge is 0.232 e. The third-order valence-corrected chi connectivity index (χ3v) is 2.98. The summed E-state index contributed by atoms with van der Waals surface area (Å²) in [6.07, 6.45) is 1.59. The first kappa shape index (κ1) is 10.9. The van der Waals surface area contributed by atoms with Crippen molar-refractivity contribution in [2.75, 3.05) is 18.8 Å². The summed E-state index contributed by atoms with van der Waals surface area (Å²) in [5, 5.41) is 9.34. The number of carbonyl (C=O) groups excluding carboxylic acids is 1. The van der Waals surface area contributed by atoms with E-state index in [9.17, 15) is 9.90 Å². The summed E-state index contributed by atoms with van der Waals surface area (Å²) in [6.45, 7) is 3.37. The van der Waals surface area contributed by atoms with Gasteiger partial charge in [0, 0.05) is 13.1 Å². The lowest BCUT2D eigenvalue weighted by atomic mass is 9.92. The van der Waals surface area contributed by atoms with Gasteiger partial charge in [-0.25, -0.2) is 0 Å². The highest BCUT2D eigenvalue weighted by Gasteiger charge is 2.24. The van der Waals surface area contributed by atoms with Crippen LogP contribution in [0.2, 0.25) is 0 Å². The summed E-state index contributed by atoms with van der Waals surface area (Å²) >= 11 is 3.95. The van der Waals surface area contributed by atoms with Crippen LogP contribution in [0.4, 0.5) is 0 Å². The Morgan fingerprint density at radius 3 is 2.54 bits per heavy atom. The Bertz CT molecular complexity index is 176. The van der Waals surface area contributed by atoms with E-state index < -0.39 is 0 Å². The SMILES string of the molecule is CC(O)C1CCN(C(=O)CS)CC1. The predicted molar refractivity (Wildman–Crippen MR) is 54.8 cm³/mol. The van der Waals surface area contributed by atoms with Crippen molar-refractivity contribution in [3.05, 3.63) is 0 Å². The van der Waals surface area contributed by atoms with Gasteiger partial charge in [0.15, 0.2) is 0 Å². The van der Waals surface area contributed by atoms with Crippen molar-refractivity contribution in [2.24, 2.45) is 5.92 Å². The zero-order chi connectivity index (χ0) is 9.84. The first-order valence-corrected chi connectivity index (χ1v) is 5.35. The van der Waals surface area contributed by atoms with Gasteiger partial charge in [-0.05, 0) is 25.7 Å². The molecule has 0 bridgehead atoms. The highest BCUT2D eigenvalue weighted by atomic mass is 32.1. The first-order valence-electron chi connectivity index (χ1n) is 4.72. The van der Waals surface area contributed by atoms with Gasteiger partial charge in [-0.2, -0.15) is 12.6 Å². The zero-order valence-electron chi connectivity index (χ0n) is 7.94. The van der Waals surface area contributed by atoms with Crippen LogP contribution in [0.1, 0.15) is 19.8 Å². The van der Waals surface area contributed by atoms with Crippen molar-refractivity contribution in [1.29, 1.82) is 0 Å². The van der Waals surface area contributed by atoms with Crippen LogP contribution in [0.5, 0.6) is 0 Å². The molecule has 0 radical (unpaired) electrons. The van der Waals surface area contributed by atoms with Crippen molar-refractivity contribution in [3.63, 3.8) is 0 Å². The molecule has 1 aliphatic heterocycles. The summed E-state index contributed by atoms with van der Waals surface area (Å²) in [5.41, 5.74) is 0. The fourth-order valence-corrected chi connectivity index (χ4v) is 1.93. The Labute approximate surface area is 84.5 Å². The van der Waals surface area contributed by atoms with E-state index in [4.69, 9.17) is 0 Å². The molecule has 0 aromatic heterocycles. The molecule has 0 aliphatic carbocycles. The second-order valence-electron chi connectivity index (χ2n) is 3.62.